The third-order valence-corrected chi connectivity index (χ3v) is 4.48. The van der Waals surface area contributed by atoms with Crippen LogP contribution in [0.2, 0.25) is 0 Å². The molecular weight excluding hydrogens is 356 g/mol. The average molecular weight is 385 g/mol. The number of amides is 3. The van der Waals surface area contributed by atoms with Gasteiger partial charge < -0.3 is 15.4 Å². The van der Waals surface area contributed by atoms with Crippen molar-refractivity contribution in [1.29, 1.82) is 0 Å². The first-order chi connectivity index (χ1) is 12.1. The standard InChI is InChI=1S/C18H28N4O3.ClH/c1-19-10-7-14-8-11-22(12-9-14)13-17(23)21-18(24)20-15-3-5-16(25-2)6-4-15;/h3-6,14,19H,7-13H2,1-2H3,(H2,20,21,23,24);1H. The maximum atomic E-state index is 12.0. The Labute approximate surface area is 161 Å². The van der Waals surface area contributed by atoms with E-state index in [-0.39, 0.29) is 24.9 Å². The number of piperidine rings is 1. The van der Waals surface area contributed by atoms with Crippen LogP contribution >= 0.6 is 12.4 Å². The number of likely N-dealkylation sites (tertiary alicyclic amines) is 1. The van der Waals surface area contributed by atoms with Gasteiger partial charge in [0, 0.05) is 5.69 Å². The van der Waals surface area contributed by atoms with E-state index in [4.69, 9.17) is 4.74 Å². The van der Waals surface area contributed by atoms with E-state index in [0.29, 0.717) is 11.4 Å². The van der Waals surface area contributed by atoms with E-state index in [9.17, 15) is 9.59 Å². The normalized spacial score (nSPS) is 15.0. The van der Waals surface area contributed by atoms with Crippen molar-refractivity contribution in [1.82, 2.24) is 15.5 Å². The number of imide groups is 1. The van der Waals surface area contributed by atoms with Crippen LogP contribution in [0.1, 0.15) is 19.3 Å². The van der Waals surface area contributed by atoms with Crippen molar-refractivity contribution < 1.29 is 14.3 Å². The molecule has 3 amide bonds. The molecule has 1 saturated heterocycles. The highest BCUT2D eigenvalue weighted by Gasteiger charge is 2.21. The lowest BCUT2D eigenvalue weighted by Crippen LogP contribution is -2.44. The van der Waals surface area contributed by atoms with E-state index >= 15 is 0 Å². The molecule has 1 aromatic carbocycles. The van der Waals surface area contributed by atoms with Crippen LogP contribution in [0.15, 0.2) is 24.3 Å². The molecule has 1 aliphatic heterocycles. The van der Waals surface area contributed by atoms with Gasteiger partial charge in [-0.3, -0.25) is 15.0 Å². The van der Waals surface area contributed by atoms with Crippen molar-refractivity contribution in [2.45, 2.75) is 19.3 Å². The highest BCUT2D eigenvalue weighted by Crippen LogP contribution is 2.19. The Hall–Kier alpha value is -1.83. The lowest BCUT2D eigenvalue weighted by atomic mass is 9.93. The molecule has 3 N–H and O–H groups in total. The first kappa shape index (κ1) is 22.2. The number of benzene rings is 1. The molecule has 1 fully saturated rings. The molecule has 7 nitrogen and oxygen atoms in total. The van der Waals surface area contributed by atoms with E-state index < -0.39 is 6.03 Å². The molecule has 0 bridgehead atoms. The van der Waals surface area contributed by atoms with E-state index in [1.165, 1.54) is 6.42 Å². The van der Waals surface area contributed by atoms with Crippen LogP contribution in [-0.4, -0.2) is 57.2 Å². The molecule has 2 rings (SSSR count). The Morgan fingerprint density at radius 1 is 1.19 bits per heavy atom. The zero-order chi connectivity index (χ0) is 18.1. The molecule has 146 valence electrons. The SMILES string of the molecule is CNCCC1CCN(CC(=O)NC(=O)Nc2ccc(OC)cc2)CC1.Cl. The van der Waals surface area contributed by atoms with Crippen LogP contribution in [0.3, 0.4) is 0 Å². The Morgan fingerprint density at radius 2 is 1.85 bits per heavy atom. The molecule has 8 heteroatoms. The molecule has 0 spiro atoms. The summed E-state index contributed by atoms with van der Waals surface area (Å²) in [6.45, 7) is 3.11. The predicted octanol–water partition coefficient (Wildman–Crippen LogP) is 2.09. The second-order valence-corrected chi connectivity index (χ2v) is 6.34. The van der Waals surface area contributed by atoms with Gasteiger partial charge in [-0.2, -0.15) is 0 Å². The smallest absolute Gasteiger partial charge is 0.325 e. The number of anilines is 1. The maximum absolute atomic E-state index is 12.0. The summed E-state index contributed by atoms with van der Waals surface area (Å²) in [7, 11) is 3.55. The molecule has 0 aliphatic carbocycles. The highest BCUT2D eigenvalue weighted by atomic mass is 35.5. The van der Waals surface area contributed by atoms with Gasteiger partial charge in [0.15, 0.2) is 0 Å². The highest BCUT2D eigenvalue weighted by molar-refractivity contribution is 6.01. The fourth-order valence-corrected chi connectivity index (χ4v) is 2.99. The Balaban J connectivity index is 0.00000338. The molecule has 0 radical (unpaired) electrons. The minimum Gasteiger partial charge on any atom is -0.497 e. The van der Waals surface area contributed by atoms with Crippen LogP contribution in [0.25, 0.3) is 0 Å². The number of hydrogen-bond donors (Lipinski definition) is 3. The second kappa shape index (κ2) is 11.7. The fourth-order valence-electron chi connectivity index (χ4n) is 2.99. The molecule has 26 heavy (non-hydrogen) atoms. The number of methoxy groups -OCH3 is 1. The number of rotatable bonds is 7. The topological polar surface area (TPSA) is 82.7 Å². The van der Waals surface area contributed by atoms with Gasteiger partial charge in [-0.25, -0.2) is 4.79 Å². The molecule has 1 aromatic rings. The fraction of sp³-hybridized carbons (Fsp3) is 0.556. The van der Waals surface area contributed by atoms with Gasteiger partial charge in [-0.05, 0) is 76.1 Å². The lowest BCUT2D eigenvalue weighted by Gasteiger charge is -2.31. The first-order valence-corrected chi connectivity index (χ1v) is 8.72. The summed E-state index contributed by atoms with van der Waals surface area (Å²) < 4.78 is 5.06. The van der Waals surface area contributed by atoms with Crippen molar-refractivity contribution in [2.75, 3.05) is 45.7 Å². The minimum absolute atomic E-state index is 0. The van der Waals surface area contributed by atoms with Crippen LogP contribution in [0.4, 0.5) is 10.5 Å². The van der Waals surface area contributed by atoms with E-state index in [1.807, 2.05) is 7.05 Å². The second-order valence-electron chi connectivity index (χ2n) is 6.34. The Morgan fingerprint density at radius 3 is 2.42 bits per heavy atom. The number of urea groups is 1. The van der Waals surface area contributed by atoms with Crippen LogP contribution in [-0.2, 0) is 4.79 Å². The average Bonchev–Trinajstić information content (AvgIpc) is 2.61. The van der Waals surface area contributed by atoms with Gasteiger partial charge in [0.1, 0.15) is 5.75 Å². The summed E-state index contributed by atoms with van der Waals surface area (Å²) in [6, 6.07) is 6.42. The maximum Gasteiger partial charge on any atom is 0.325 e. The number of halogens is 1. The first-order valence-electron chi connectivity index (χ1n) is 8.72. The molecule has 0 aromatic heterocycles. The molecule has 0 saturated carbocycles. The largest absolute Gasteiger partial charge is 0.497 e. The Kier molecular flexibility index (Phi) is 10.0. The van der Waals surface area contributed by atoms with Gasteiger partial charge in [0.25, 0.3) is 0 Å². The van der Waals surface area contributed by atoms with Crippen LogP contribution in [0, 0.1) is 5.92 Å². The van der Waals surface area contributed by atoms with E-state index in [1.54, 1.807) is 31.4 Å². The molecule has 0 atom stereocenters. The number of hydrogen-bond acceptors (Lipinski definition) is 5. The number of nitrogens with zero attached hydrogens (tertiary/aromatic N) is 1. The summed E-state index contributed by atoms with van der Waals surface area (Å²) in [5, 5.41) is 8.19. The van der Waals surface area contributed by atoms with E-state index in [0.717, 1.165) is 38.4 Å². The molecule has 1 aliphatic rings. The van der Waals surface area contributed by atoms with Crippen molar-refractivity contribution in [3.05, 3.63) is 24.3 Å². The third kappa shape index (κ3) is 7.59. The summed E-state index contributed by atoms with van der Waals surface area (Å²) in [5.74, 6) is 1.16. The summed E-state index contributed by atoms with van der Waals surface area (Å²) >= 11 is 0. The quantitative estimate of drug-likeness (QED) is 0.670. The summed E-state index contributed by atoms with van der Waals surface area (Å²) in [4.78, 5) is 26.0. The minimum atomic E-state index is -0.515. The molecule has 0 unspecified atom stereocenters. The monoisotopic (exact) mass is 384 g/mol. The van der Waals surface area contributed by atoms with Gasteiger partial charge in [-0.1, -0.05) is 0 Å². The molecular formula is C18H29ClN4O3. The number of nitrogens with one attached hydrogen (secondary N) is 3. The summed E-state index contributed by atoms with van der Waals surface area (Å²) in [6.07, 6.45) is 3.39. The predicted molar refractivity (Wildman–Crippen MR) is 105 cm³/mol. The molecule has 1 heterocycles. The van der Waals surface area contributed by atoms with Gasteiger partial charge in [0.2, 0.25) is 5.91 Å². The zero-order valence-electron chi connectivity index (χ0n) is 15.4. The van der Waals surface area contributed by atoms with Crippen LogP contribution < -0.4 is 20.7 Å². The third-order valence-electron chi connectivity index (χ3n) is 4.48. The number of ether oxygens (including phenoxy) is 1. The van der Waals surface area contributed by atoms with Crippen molar-refractivity contribution >= 4 is 30.0 Å². The van der Waals surface area contributed by atoms with Crippen molar-refractivity contribution in [3.8, 4) is 5.75 Å². The number of carbonyl (C=O) groups is 2. The zero-order valence-corrected chi connectivity index (χ0v) is 16.2. The van der Waals surface area contributed by atoms with E-state index in [2.05, 4.69) is 20.9 Å². The van der Waals surface area contributed by atoms with Gasteiger partial charge in [0.05, 0.1) is 13.7 Å². The van der Waals surface area contributed by atoms with Gasteiger partial charge in [-0.15, -0.1) is 12.4 Å². The van der Waals surface area contributed by atoms with Crippen molar-refractivity contribution in [3.63, 3.8) is 0 Å². The van der Waals surface area contributed by atoms with Crippen LogP contribution in [0.5, 0.6) is 5.75 Å². The van der Waals surface area contributed by atoms with Gasteiger partial charge >= 0.3 is 6.03 Å². The summed E-state index contributed by atoms with van der Waals surface area (Å²) in [5.41, 5.74) is 0.608. The number of carbonyl (C=O) groups excluding carboxylic acids is 2. The lowest BCUT2D eigenvalue weighted by molar-refractivity contribution is -0.121. The Bertz CT molecular complexity index is 560. The van der Waals surface area contributed by atoms with Crippen molar-refractivity contribution in [2.24, 2.45) is 5.92 Å².